The third-order valence-electron chi connectivity index (χ3n) is 15.5. The topological polar surface area (TPSA) is 249 Å². The first-order valence-corrected chi connectivity index (χ1v) is 33.8. The molecule has 2 N–H and O–H groups in total. The maximum absolute atomic E-state index is 13.1. The summed E-state index contributed by atoms with van der Waals surface area (Å²) >= 11 is 0. The van der Waals surface area contributed by atoms with Gasteiger partial charge in [-0.2, -0.15) is 16.8 Å². The van der Waals surface area contributed by atoms with Crippen LogP contribution in [-0.4, -0.2) is 104 Å². The fourth-order valence-corrected chi connectivity index (χ4v) is 12.7. The van der Waals surface area contributed by atoms with Crippen molar-refractivity contribution in [2.45, 2.75) is 215 Å². The van der Waals surface area contributed by atoms with E-state index >= 15 is 0 Å². The molecule has 88 heavy (non-hydrogen) atoms. The summed E-state index contributed by atoms with van der Waals surface area (Å²) in [6.07, 6.45) is 14.7. The first-order chi connectivity index (χ1) is 40.9. The molecule has 0 saturated heterocycles. The normalized spacial score (nSPS) is 16.2. The summed E-state index contributed by atoms with van der Waals surface area (Å²) in [5, 5.41) is 0.852. The van der Waals surface area contributed by atoms with Gasteiger partial charge in [-0.3, -0.25) is 28.3 Å². The van der Waals surface area contributed by atoms with Crippen molar-refractivity contribution < 1.29 is 72.9 Å². The van der Waals surface area contributed by atoms with Gasteiger partial charge in [-0.15, -0.1) is 0 Å². The molecular formula is C67H96N4O15S2+2. The minimum Gasteiger partial charge on any atom is -0.466 e. The molecule has 484 valence electrons. The number of hydrogen-bond donors (Lipinski definition) is 2. The van der Waals surface area contributed by atoms with Crippen LogP contribution in [0.4, 0.5) is 11.4 Å². The molecule has 0 spiro atoms. The van der Waals surface area contributed by atoms with Gasteiger partial charge >= 0.3 is 23.5 Å². The monoisotopic (exact) mass is 1260 g/mol. The van der Waals surface area contributed by atoms with Crippen molar-refractivity contribution in [2.24, 2.45) is 0 Å². The molecule has 0 radical (unpaired) electrons. The van der Waals surface area contributed by atoms with E-state index in [0.29, 0.717) is 94.2 Å². The van der Waals surface area contributed by atoms with E-state index in [4.69, 9.17) is 27.7 Å². The van der Waals surface area contributed by atoms with Crippen LogP contribution in [0.5, 0.6) is 0 Å². The standard InChI is InChI=1S/C32H42N2O7S.C22H33NO3.C13H19NO5S/c1-22-21-32(5,6)34(14-9-10-29(35)41-31(2,3)4)27-20-28-24(18-25(22)27)19-26(30(36)40-28)23-11-15-33(16-12-23)13-7-8-17-42(37,38)39;1-15-11-19-18(12-17(15)14-24)16(2)13-22(6,7)23(19)10-8-9-20(25)26-21(3,4)5;1-2-19-13(15)11-12-5-8-14(9-6-12)7-3-4-10-20(16,17)18/h11-12,15-16,18-20,22H,7-10,13-14,17,21H2,1-6H3;11-12,14,16H,8-10,13H2,1-7H3;5-6,8-9H,2-4,7,10-11H2,1H3/p+2. The number of ether oxygens (including phenoxy) is 3. The van der Waals surface area contributed by atoms with Gasteiger partial charge in [0.05, 0.1) is 30.1 Å². The van der Waals surface area contributed by atoms with E-state index in [1.807, 2.05) is 125 Å². The number of rotatable bonds is 23. The number of aromatic nitrogens is 2. The Hall–Kier alpha value is -6.55. The van der Waals surface area contributed by atoms with E-state index in [2.05, 4.69) is 63.5 Å². The van der Waals surface area contributed by atoms with Crippen LogP contribution < -0.4 is 24.6 Å². The van der Waals surface area contributed by atoms with E-state index in [9.17, 15) is 40.8 Å². The minimum atomic E-state index is -3.95. The lowest BCUT2D eigenvalue weighted by Crippen LogP contribution is -2.49. The fourth-order valence-electron chi connectivity index (χ4n) is 11.5. The zero-order valence-corrected chi connectivity index (χ0v) is 55.9. The molecule has 2 aromatic carbocycles. The lowest BCUT2D eigenvalue weighted by molar-refractivity contribution is -0.697. The average molecular weight is 1260 g/mol. The largest absolute Gasteiger partial charge is 0.466 e. The van der Waals surface area contributed by atoms with Crippen LogP contribution >= 0.6 is 0 Å². The third-order valence-corrected chi connectivity index (χ3v) is 17.1. The number of unbranched alkanes of at least 4 members (excludes halogenated alkanes) is 2. The number of esters is 3. The molecule has 2 atom stereocenters. The highest BCUT2D eigenvalue weighted by Crippen LogP contribution is 2.46. The van der Waals surface area contributed by atoms with E-state index in [0.717, 1.165) is 65.4 Å². The molecule has 2 unspecified atom stereocenters. The number of carbonyl (C=O) groups excluding carboxylic acids is 4. The van der Waals surface area contributed by atoms with Gasteiger partial charge in [0, 0.05) is 108 Å². The predicted octanol–water partition coefficient (Wildman–Crippen LogP) is 11.4. The molecule has 2 aliphatic rings. The first-order valence-electron chi connectivity index (χ1n) is 30.6. The van der Waals surface area contributed by atoms with Crippen molar-refractivity contribution in [1.29, 1.82) is 0 Å². The van der Waals surface area contributed by atoms with Crippen LogP contribution in [0, 0.1) is 6.92 Å². The summed E-state index contributed by atoms with van der Waals surface area (Å²) in [6, 6.07) is 17.5. The Labute approximate surface area is 521 Å². The minimum absolute atomic E-state index is 0.00941. The van der Waals surface area contributed by atoms with Crippen molar-refractivity contribution >= 4 is 66.8 Å². The predicted molar refractivity (Wildman–Crippen MR) is 342 cm³/mol. The summed E-state index contributed by atoms with van der Waals surface area (Å²) in [5.74, 6) is -0.366. The van der Waals surface area contributed by atoms with Crippen molar-refractivity contribution in [1.82, 2.24) is 0 Å². The number of aldehydes is 1. The maximum Gasteiger partial charge on any atom is 0.344 e. The van der Waals surface area contributed by atoms with Gasteiger partial charge in [0.15, 0.2) is 24.8 Å². The number of hydrogen-bond acceptors (Lipinski definition) is 15. The van der Waals surface area contributed by atoms with E-state index < -0.39 is 37.1 Å². The molecule has 0 fully saturated rings. The zero-order chi connectivity index (χ0) is 65.6. The lowest BCUT2D eigenvalue weighted by atomic mass is 9.79. The summed E-state index contributed by atoms with van der Waals surface area (Å²) in [6.45, 7) is 31.5. The highest BCUT2D eigenvalue weighted by atomic mass is 32.2. The number of nitrogens with zero attached hydrogens (tertiary/aromatic N) is 4. The zero-order valence-electron chi connectivity index (χ0n) is 54.3. The first kappa shape index (κ1) is 72.2. The quantitative estimate of drug-likeness (QED) is 0.0117. The van der Waals surface area contributed by atoms with Crippen molar-refractivity contribution in [3.63, 3.8) is 0 Å². The molecule has 19 nitrogen and oxygen atoms in total. The van der Waals surface area contributed by atoms with Crippen molar-refractivity contribution in [3.8, 4) is 11.1 Å². The van der Waals surface area contributed by atoms with Crippen LogP contribution in [0.2, 0.25) is 0 Å². The molecule has 0 amide bonds. The fraction of sp³-hybridized carbons (Fsp3) is 0.567. The van der Waals surface area contributed by atoms with E-state index in [1.165, 1.54) is 16.8 Å². The molecule has 0 aliphatic carbocycles. The SMILES string of the molecule is CC1CC(C)(C)N(CCCC(=O)OC(C)(C)C)c2cc3oc(=O)c(-c4cc[n+](CCCCS(=O)(=O)O)cc4)cc3cc21.CCOC(=O)Cc1cc[n+](CCCCS(=O)(=O)O)cc1.Cc1cc2c(cc1C=O)C(C)CC(C)(C)N2CCCC(=O)OC(C)(C)C. The summed E-state index contributed by atoms with van der Waals surface area (Å²) in [4.78, 5) is 64.8. The molecule has 7 rings (SSSR count). The van der Waals surface area contributed by atoms with E-state index in [-0.39, 0.29) is 46.9 Å². The summed E-state index contributed by atoms with van der Waals surface area (Å²) in [5.41, 5.74) is 7.51. The van der Waals surface area contributed by atoms with E-state index in [1.54, 1.807) is 6.92 Å². The lowest BCUT2D eigenvalue weighted by Gasteiger charge is -2.48. The number of anilines is 2. The Balaban J connectivity index is 0.000000262. The van der Waals surface area contributed by atoms with Gasteiger partial charge < -0.3 is 28.4 Å². The molecule has 3 aromatic heterocycles. The average Bonchev–Trinajstić information content (AvgIpc) is 3.20. The second-order valence-corrected chi connectivity index (χ2v) is 29.7. The van der Waals surface area contributed by atoms with Gasteiger partial charge in [0.1, 0.15) is 36.2 Å². The Morgan fingerprint density at radius 1 is 0.670 bits per heavy atom. The second-order valence-electron chi connectivity index (χ2n) is 26.5. The van der Waals surface area contributed by atoms with Gasteiger partial charge in [0.25, 0.3) is 20.2 Å². The van der Waals surface area contributed by atoms with Crippen molar-refractivity contribution in [3.05, 3.63) is 118 Å². The number of benzene rings is 2. The Bertz CT molecular complexity index is 3490. The molecule has 5 aromatic rings. The second kappa shape index (κ2) is 30.8. The molecular weight excluding hydrogens is 1160 g/mol. The molecule has 5 heterocycles. The Kier molecular flexibility index (Phi) is 25.3. The van der Waals surface area contributed by atoms with Crippen LogP contribution in [-0.2, 0) is 68.3 Å². The highest BCUT2D eigenvalue weighted by molar-refractivity contribution is 7.86. The van der Waals surface area contributed by atoms with Gasteiger partial charge in [-0.05, 0) is 180 Å². The number of pyridine rings is 2. The smallest absolute Gasteiger partial charge is 0.344 e. The van der Waals surface area contributed by atoms with Gasteiger partial charge in [-0.1, -0.05) is 13.8 Å². The Morgan fingerprint density at radius 3 is 1.57 bits per heavy atom. The van der Waals surface area contributed by atoms with Crippen LogP contribution in [0.15, 0.2) is 88.6 Å². The summed E-state index contributed by atoms with van der Waals surface area (Å²) in [7, 11) is -7.81. The molecule has 2 aliphatic heterocycles. The van der Waals surface area contributed by atoms with Gasteiger partial charge in [0.2, 0.25) is 0 Å². The molecule has 0 saturated carbocycles. The maximum atomic E-state index is 13.1. The molecule has 0 bridgehead atoms. The van der Waals surface area contributed by atoms with Crippen LogP contribution in [0.25, 0.3) is 22.1 Å². The molecule has 21 heteroatoms. The third kappa shape index (κ3) is 22.8. The number of aryl methyl sites for hydroxylation is 3. The number of carbonyl (C=O) groups is 4. The Morgan fingerprint density at radius 2 is 1.12 bits per heavy atom. The van der Waals surface area contributed by atoms with Crippen LogP contribution in [0.3, 0.4) is 0 Å². The van der Waals surface area contributed by atoms with Gasteiger partial charge in [-0.25, -0.2) is 13.9 Å². The number of fused-ring (bicyclic) bond motifs is 3. The van der Waals surface area contributed by atoms with Crippen molar-refractivity contribution in [2.75, 3.05) is 41.0 Å². The van der Waals surface area contributed by atoms with Crippen LogP contribution in [0.1, 0.15) is 199 Å². The highest BCUT2D eigenvalue weighted by Gasteiger charge is 2.38. The summed E-state index contributed by atoms with van der Waals surface area (Å²) < 4.78 is 85.8.